The number of ether oxygens (including phenoxy) is 3. The van der Waals surface area contributed by atoms with Gasteiger partial charge in [0.25, 0.3) is 11.6 Å². The Kier molecular flexibility index (Phi) is 8.27. The Hall–Kier alpha value is -2.99. The minimum atomic E-state index is -0.436. The summed E-state index contributed by atoms with van der Waals surface area (Å²) in [4.78, 5) is 36.8. The van der Waals surface area contributed by atoms with Crippen molar-refractivity contribution in [3.05, 3.63) is 71.8 Å². The number of benzene rings is 1. The molecule has 38 heavy (non-hydrogen) atoms. The summed E-state index contributed by atoms with van der Waals surface area (Å²) in [5.74, 6) is 0. The van der Waals surface area contributed by atoms with Gasteiger partial charge in [0.2, 0.25) is 0 Å². The van der Waals surface area contributed by atoms with Crippen LogP contribution < -0.4 is 16.0 Å². The van der Waals surface area contributed by atoms with Gasteiger partial charge in [-0.25, -0.2) is 9.78 Å². The predicted octanol–water partition coefficient (Wildman–Crippen LogP) is 3.88. The van der Waals surface area contributed by atoms with Crippen molar-refractivity contribution < 1.29 is 14.2 Å². The summed E-state index contributed by atoms with van der Waals surface area (Å²) < 4.78 is 21.8. The fourth-order valence-electron chi connectivity index (χ4n) is 4.45. The second-order valence-corrected chi connectivity index (χ2v) is 11.0. The number of rotatable bonds is 10. The van der Waals surface area contributed by atoms with Crippen LogP contribution in [-0.2, 0) is 36.2 Å². The van der Waals surface area contributed by atoms with Crippen LogP contribution >= 0.6 is 22.9 Å². The van der Waals surface area contributed by atoms with E-state index in [0.29, 0.717) is 36.7 Å². The molecular formula is C26H30ClN5O5S. The molecule has 0 amide bonds. The third-order valence-corrected chi connectivity index (χ3v) is 7.55. The average Bonchev–Trinajstić information content (AvgIpc) is 3.50. The number of hydrogen-bond donors (Lipinski definition) is 0. The molecule has 0 radical (unpaired) electrons. The van der Waals surface area contributed by atoms with E-state index < -0.39 is 11.2 Å². The number of fused-ring (bicyclic) bond motifs is 1. The highest BCUT2D eigenvalue weighted by Gasteiger charge is 2.22. The third kappa shape index (κ3) is 5.85. The van der Waals surface area contributed by atoms with E-state index in [1.54, 1.807) is 29.9 Å². The molecule has 1 fully saturated rings. The van der Waals surface area contributed by atoms with Crippen molar-refractivity contribution in [3.8, 4) is 6.01 Å². The second-order valence-electron chi connectivity index (χ2n) is 9.25. The van der Waals surface area contributed by atoms with Gasteiger partial charge in [0.05, 0.1) is 13.2 Å². The highest BCUT2D eigenvalue weighted by Crippen LogP contribution is 2.23. The summed E-state index contributed by atoms with van der Waals surface area (Å²) in [7, 11) is 1.61. The van der Waals surface area contributed by atoms with Crippen molar-refractivity contribution in [3.63, 3.8) is 0 Å². The maximum Gasteiger partial charge on any atom is 0.332 e. The molecule has 202 valence electrons. The topological polar surface area (TPSA) is 102 Å². The van der Waals surface area contributed by atoms with Crippen LogP contribution in [0, 0.1) is 6.92 Å². The van der Waals surface area contributed by atoms with Gasteiger partial charge in [-0.2, -0.15) is 4.98 Å². The lowest BCUT2D eigenvalue weighted by Gasteiger charge is -2.22. The Morgan fingerprint density at radius 2 is 2.00 bits per heavy atom. The molecule has 1 saturated heterocycles. The summed E-state index contributed by atoms with van der Waals surface area (Å²) in [6.45, 7) is 3.80. The minimum absolute atomic E-state index is 0.200. The molecule has 1 unspecified atom stereocenters. The molecule has 0 bridgehead atoms. The van der Waals surface area contributed by atoms with E-state index >= 15 is 0 Å². The first kappa shape index (κ1) is 26.6. The van der Waals surface area contributed by atoms with Crippen LogP contribution in [0.4, 0.5) is 0 Å². The highest BCUT2D eigenvalue weighted by molar-refractivity contribution is 7.11. The van der Waals surface area contributed by atoms with Crippen molar-refractivity contribution in [1.82, 2.24) is 23.7 Å². The molecule has 4 aromatic rings. The molecule has 0 spiro atoms. The molecule has 1 aliphatic rings. The van der Waals surface area contributed by atoms with Crippen LogP contribution in [0.15, 0.2) is 40.1 Å². The largest absolute Gasteiger partial charge is 0.457 e. The standard InChI is InChI=1S/C26H30ClN5O5S/c1-17-14-28-20(38-17)16-37-25-29-23-22(32(25)15-18-7-9-19(27)10-8-18)24(33)31(26(34)30(23)2)11-5-13-36-21-6-3-4-12-35-21/h7-10,14,21H,3-6,11-13,15-16H2,1-2H3. The van der Waals surface area contributed by atoms with E-state index in [2.05, 4.69) is 9.97 Å². The van der Waals surface area contributed by atoms with Crippen LogP contribution in [0.1, 0.15) is 41.1 Å². The lowest BCUT2D eigenvalue weighted by atomic mass is 10.2. The van der Waals surface area contributed by atoms with Gasteiger partial charge in [0.15, 0.2) is 17.5 Å². The van der Waals surface area contributed by atoms with Gasteiger partial charge < -0.3 is 14.2 Å². The fraction of sp³-hybridized carbons (Fsp3) is 0.462. The molecule has 1 aliphatic heterocycles. The van der Waals surface area contributed by atoms with Crippen molar-refractivity contribution in [1.29, 1.82) is 0 Å². The van der Waals surface area contributed by atoms with Crippen LogP contribution in [0.2, 0.25) is 5.02 Å². The van der Waals surface area contributed by atoms with E-state index in [1.165, 1.54) is 20.5 Å². The summed E-state index contributed by atoms with van der Waals surface area (Å²) in [5, 5.41) is 1.41. The lowest BCUT2D eigenvalue weighted by Crippen LogP contribution is -2.40. The summed E-state index contributed by atoms with van der Waals surface area (Å²) >= 11 is 7.60. The second kappa shape index (κ2) is 11.8. The molecule has 0 saturated carbocycles. The molecule has 1 atom stereocenters. The molecule has 3 aromatic heterocycles. The zero-order valence-electron chi connectivity index (χ0n) is 21.4. The average molecular weight is 560 g/mol. The zero-order valence-corrected chi connectivity index (χ0v) is 23.0. The number of halogens is 1. The first-order valence-corrected chi connectivity index (χ1v) is 13.8. The monoisotopic (exact) mass is 559 g/mol. The van der Waals surface area contributed by atoms with Gasteiger partial charge in [-0.1, -0.05) is 23.7 Å². The Bertz CT molecular complexity index is 1520. The molecule has 10 nitrogen and oxygen atoms in total. The van der Waals surface area contributed by atoms with Crippen molar-refractivity contribution in [2.75, 3.05) is 13.2 Å². The molecule has 5 rings (SSSR count). The highest BCUT2D eigenvalue weighted by atomic mass is 35.5. The number of nitrogens with zero attached hydrogens (tertiary/aromatic N) is 5. The van der Waals surface area contributed by atoms with Gasteiger partial charge in [0.1, 0.15) is 11.6 Å². The summed E-state index contributed by atoms with van der Waals surface area (Å²) in [6.07, 6.45) is 5.05. The fourth-order valence-corrected chi connectivity index (χ4v) is 5.28. The number of aryl methyl sites for hydroxylation is 2. The predicted molar refractivity (Wildman–Crippen MR) is 145 cm³/mol. The third-order valence-electron chi connectivity index (χ3n) is 6.41. The van der Waals surface area contributed by atoms with E-state index in [-0.39, 0.29) is 31.1 Å². The number of imidazole rings is 1. The molecule has 12 heteroatoms. The van der Waals surface area contributed by atoms with Crippen LogP contribution in [0.25, 0.3) is 11.2 Å². The van der Waals surface area contributed by atoms with Gasteiger partial charge in [-0.3, -0.25) is 18.5 Å². The molecular weight excluding hydrogens is 530 g/mol. The van der Waals surface area contributed by atoms with Crippen LogP contribution in [-0.4, -0.2) is 43.2 Å². The maximum atomic E-state index is 13.7. The van der Waals surface area contributed by atoms with Crippen molar-refractivity contribution in [2.24, 2.45) is 7.05 Å². The van der Waals surface area contributed by atoms with Crippen LogP contribution in [0.3, 0.4) is 0 Å². The van der Waals surface area contributed by atoms with Gasteiger partial charge in [0, 0.05) is 36.3 Å². The normalized spacial score (nSPS) is 15.8. The van der Waals surface area contributed by atoms with Gasteiger partial charge >= 0.3 is 5.69 Å². The van der Waals surface area contributed by atoms with Gasteiger partial charge in [-0.15, -0.1) is 11.3 Å². The quantitative estimate of drug-likeness (QED) is 0.272. The Balaban J connectivity index is 1.46. The SMILES string of the molecule is Cc1cnc(COc2nc3c(c(=O)n(CCCOC4CCCCO4)c(=O)n3C)n2Cc2ccc(Cl)cc2)s1. The number of aromatic nitrogens is 5. The lowest BCUT2D eigenvalue weighted by molar-refractivity contribution is -0.163. The molecule has 0 aliphatic carbocycles. The Labute approximate surface area is 228 Å². The van der Waals surface area contributed by atoms with E-state index in [0.717, 1.165) is 34.7 Å². The van der Waals surface area contributed by atoms with E-state index in [4.69, 9.17) is 25.8 Å². The first-order valence-electron chi connectivity index (χ1n) is 12.6. The number of hydrogen-bond acceptors (Lipinski definition) is 8. The first-order chi connectivity index (χ1) is 18.4. The zero-order chi connectivity index (χ0) is 26.6. The van der Waals surface area contributed by atoms with E-state index in [9.17, 15) is 9.59 Å². The maximum absolute atomic E-state index is 13.7. The smallest absolute Gasteiger partial charge is 0.332 e. The van der Waals surface area contributed by atoms with Crippen molar-refractivity contribution >= 4 is 34.1 Å². The van der Waals surface area contributed by atoms with Crippen molar-refractivity contribution in [2.45, 2.75) is 58.6 Å². The number of thiazole rings is 1. The summed E-state index contributed by atoms with van der Waals surface area (Å²) in [5.41, 5.74) is 0.615. The molecule has 1 aromatic carbocycles. The van der Waals surface area contributed by atoms with E-state index in [1.807, 2.05) is 19.1 Å². The summed E-state index contributed by atoms with van der Waals surface area (Å²) in [6, 6.07) is 7.59. The minimum Gasteiger partial charge on any atom is -0.457 e. The Morgan fingerprint density at radius 3 is 2.71 bits per heavy atom. The molecule has 0 N–H and O–H groups in total. The van der Waals surface area contributed by atoms with Crippen LogP contribution in [0.5, 0.6) is 6.01 Å². The van der Waals surface area contributed by atoms with Gasteiger partial charge in [-0.05, 0) is 50.3 Å². The Morgan fingerprint density at radius 1 is 1.18 bits per heavy atom. The molecule has 4 heterocycles.